The highest BCUT2D eigenvalue weighted by molar-refractivity contribution is 9.10. The highest BCUT2D eigenvalue weighted by atomic mass is 79.9. The van der Waals surface area contributed by atoms with Crippen molar-refractivity contribution >= 4 is 38.9 Å². The van der Waals surface area contributed by atoms with Gasteiger partial charge in [0.25, 0.3) is 0 Å². The lowest BCUT2D eigenvalue weighted by molar-refractivity contribution is 0.383. The molecular formula is C14H15BrClNO2S. The molecule has 1 heterocycles. The Morgan fingerprint density at radius 3 is 2.50 bits per heavy atom. The third-order valence-electron chi connectivity index (χ3n) is 3.02. The molecule has 1 aromatic heterocycles. The van der Waals surface area contributed by atoms with Gasteiger partial charge in [0, 0.05) is 10.4 Å². The van der Waals surface area contributed by atoms with Gasteiger partial charge in [-0.1, -0.05) is 11.6 Å². The topological polar surface area (TPSA) is 30.5 Å². The van der Waals surface area contributed by atoms with Crippen molar-refractivity contribution in [2.45, 2.75) is 6.04 Å². The van der Waals surface area contributed by atoms with E-state index in [4.69, 9.17) is 21.1 Å². The number of thiophene rings is 1. The maximum atomic E-state index is 6.25. The van der Waals surface area contributed by atoms with Crippen molar-refractivity contribution in [1.82, 2.24) is 5.32 Å². The van der Waals surface area contributed by atoms with Crippen molar-refractivity contribution in [3.05, 3.63) is 43.5 Å². The van der Waals surface area contributed by atoms with Crippen molar-refractivity contribution in [3.63, 3.8) is 0 Å². The van der Waals surface area contributed by atoms with Gasteiger partial charge in [0.05, 0.1) is 25.3 Å². The van der Waals surface area contributed by atoms with Gasteiger partial charge in [0.2, 0.25) is 0 Å². The normalized spacial score (nSPS) is 12.2. The maximum Gasteiger partial charge on any atom is 0.141 e. The zero-order valence-corrected chi connectivity index (χ0v) is 14.5. The molecule has 2 rings (SSSR count). The summed E-state index contributed by atoms with van der Waals surface area (Å²) in [5.41, 5.74) is 1.01. The van der Waals surface area contributed by atoms with Gasteiger partial charge in [-0.15, -0.1) is 11.3 Å². The molecule has 6 heteroatoms. The number of halogens is 2. The Kier molecular flexibility index (Phi) is 5.32. The second-order valence-electron chi connectivity index (χ2n) is 4.06. The summed E-state index contributed by atoms with van der Waals surface area (Å²) in [6, 6.07) is 5.77. The van der Waals surface area contributed by atoms with Gasteiger partial charge in [0.1, 0.15) is 16.0 Å². The molecule has 0 amide bonds. The van der Waals surface area contributed by atoms with Gasteiger partial charge in [-0.05, 0) is 46.6 Å². The molecule has 0 aliphatic carbocycles. The van der Waals surface area contributed by atoms with Gasteiger partial charge in [0.15, 0.2) is 0 Å². The predicted octanol–water partition coefficient (Wildman–Crippen LogP) is 4.49. The molecular weight excluding hydrogens is 362 g/mol. The molecule has 1 atom stereocenters. The van der Waals surface area contributed by atoms with Crippen molar-refractivity contribution in [1.29, 1.82) is 0 Å². The highest BCUT2D eigenvalue weighted by Crippen LogP contribution is 2.43. The lowest BCUT2D eigenvalue weighted by atomic mass is 10.0. The molecule has 0 aliphatic rings. The predicted molar refractivity (Wildman–Crippen MR) is 87.5 cm³/mol. The van der Waals surface area contributed by atoms with E-state index in [0.717, 1.165) is 31.4 Å². The third kappa shape index (κ3) is 2.81. The summed E-state index contributed by atoms with van der Waals surface area (Å²) >= 11 is 11.4. The Labute approximate surface area is 136 Å². The summed E-state index contributed by atoms with van der Waals surface area (Å²) in [6.07, 6.45) is 0. The third-order valence-corrected chi connectivity index (χ3v) is 5.20. The SMILES string of the molecule is CNC(c1ccc(OC)c(Br)c1OC)c1sccc1Cl. The molecule has 0 saturated carbocycles. The molecule has 3 nitrogen and oxygen atoms in total. The first-order valence-electron chi connectivity index (χ1n) is 5.94. The molecule has 0 aliphatic heterocycles. The number of hydrogen-bond acceptors (Lipinski definition) is 4. The largest absolute Gasteiger partial charge is 0.495 e. The van der Waals surface area contributed by atoms with E-state index in [9.17, 15) is 0 Å². The zero-order chi connectivity index (χ0) is 14.7. The Morgan fingerprint density at radius 2 is 2.00 bits per heavy atom. The highest BCUT2D eigenvalue weighted by Gasteiger charge is 2.23. The molecule has 1 aromatic carbocycles. The standard InChI is InChI=1S/C14H15BrClNO2S/c1-17-12(14-9(16)6-7-20-14)8-4-5-10(18-2)11(15)13(8)19-3/h4-7,12,17H,1-3H3. The first-order chi connectivity index (χ1) is 9.63. The van der Waals surface area contributed by atoms with Crippen LogP contribution in [0.3, 0.4) is 0 Å². The van der Waals surface area contributed by atoms with E-state index in [1.54, 1.807) is 25.6 Å². The second-order valence-corrected chi connectivity index (χ2v) is 6.21. The zero-order valence-electron chi connectivity index (χ0n) is 11.4. The first kappa shape index (κ1) is 15.6. The van der Waals surface area contributed by atoms with E-state index in [2.05, 4.69) is 21.2 Å². The van der Waals surface area contributed by atoms with E-state index >= 15 is 0 Å². The molecule has 0 spiro atoms. The van der Waals surface area contributed by atoms with Gasteiger partial charge >= 0.3 is 0 Å². The van der Waals surface area contributed by atoms with Crippen molar-refractivity contribution in [2.24, 2.45) is 0 Å². The molecule has 0 radical (unpaired) electrons. The summed E-state index contributed by atoms with van der Waals surface area (Å²) in [7, 11) is 5.18. The number of benzene rings is 1. The molecule has 0 saturated heterocycles. The van der Waals surface area contributed by atoms with E-state index in [0.29, 0.717) is 0 Å². The summed E-state index contributed by atoms with van der Waals surface area (Å²) in [5.74, 6) is 1.48. The van der Waals surface area contributed by atoms with Crippen LogP contribution in [0.15, 0.2) is 28.1 Å². The number of hydrogen-bond donors (Lipinski definition) is 1. The number of rotatable bonds is 5. The van der Waals surface area contributed by atoms with Crippen LogP contribution in [-0.4, -0.2) is 21.3 Å². The average molecular weight is 377 g/mol. The minimum absolute atomic E-state index is 0.0281. The van der Waals surface area contributed by atoms with Crippen LogP contribution in [-0.2, 0) is 0 Å². The van der Waals surface area contributed by atoms with Crippen LogP contribution in [0.5, 0.6) is 11.5 Å². The fourth-order valence-electron chi connectivity index (χ4n) is 2.08. The molecule has 20 heavy (non-hydrogen) atoms. The molecule has 1 N–H and O–H groups in total. The Bertz CT molecular complexity index is 603. The van der Waals surface area contributed by atoms with Crippen molar-refractivity contribution in [2.75, 3.05) is 21.3 Å². The molecule has 0 fully saturated rings. The Hall–Kier alpha value is -0.750. The lowest BCUT2D eigenvalue weighted by Crippen LogP contribution is -2.18. The second kappa shape index (κ2) is 6.80. The quantitative estimate of drug-likeness (QED) is 0.834. The number of ether oxygens (including phenoxy) is 2. The van der Waals surface area contributed by atoms with Crippen LogP contribution in [0.1, 0.15) is 16.5 Å². The summed E-state index contributed by atoms with van der Waals surface area (Å²) in [4.78, 5) is 1.06. The van der Waals surface area contributed by atoms with Crippen molar-refractivity contribution < 1.29 is 9.47 Å². The molecule has 108 valence electrons. The first-order valence-corrected chi connectivity index (χ1v) is 7.99. The summed E-state index contributed by atoms with van der Waals surface area (Å²) in [6.45, 7) is 0. The van der Waals surface area contributed by atoms with Crippen LogP contribution in [0.25, 0.3) is 0 Å². The van der Waals surface area contributed by atoms with Crippen LogP contribution in [0.4, 0.5) is 0 Å². The lowest BCUT2D eigenvalue weighted by Gasteiger charge is -2.20. The average Bonchev–Trinajstić information content (AvgIpc) is 2.86. The maximum absolute atomic E-state index is 6.25. The molecule has 2 aromatic rings. The van der Waals surface area contributed by atoms with E-state index < -0.39 is 0 Å². The van der Waals surface area contributed by atoms with Crippen molar-refractivity contribution in [3.8, 4) is 11.5 Å². The molecule has 1 unspecified atom stereocenters. The fraction of sp³-hybridized carbons (Fsp3) is 0.286. The summed E-state index contributed by atoms with van der Waals surface area (Å²) in [5, 5.41) is 6.02. The number of nitrogens with one attached hydrogen (secondary N) is 1. The van der Waals surface area contributed by atoms with Crippen LogP contribution < -0.4 is 14.8 Å². The van der Waals surface area contributed by atoms with Crippen LogP contribution in [0, 0.1) is 0 Å². The number of methoxy groups -OCH3 is 2. The van der Waals surface area contributed by atoms with Crippen LogP contribution in [0.2, 0.25) is 5.02 Å². The summed E-state index contributed by atoms with van der Waals surface area (Å²) < 4.78 is 11.6. The van der Waals surface area contributed by atoms with Gasteiger partial charge in [-0.25, -0.2) is 0 Å². The fourth-order valence-corrected chi connectivity index (χ4v) is 4.06. The minimum Gasteiger partial charge on any atom is -0.495 e. The minimum atomic E-state index is -0.0281. The van der Waals surface area contributed by atoms with Gasteiger partial charge < -0.3 is 14.8 Å². The smallest absolute Gasteiger partial charge is 0.141 e. The van der Waals surface area contributed by atoms with E-state index in [1.165, 1.54) is 0 Å². The Balaban J connectivity index is 2.56. The van der Waals surface area contributed by atoms with Crippen LogP contribution >= 0.6 is 38.9 Å². The van der Waals surface area contributed by atoms with E-state index in [1.807, 2.05) is 30.6 Å². The van der Waals surface area contributed by atoms with Gasteiger partial charge in [-0.2, -0.15) is 0 Å². The molecule has 0 bridgehead atoms. The monoisotopic (exact) mass is 375 g/mol. The van der Waals surface area contributed by atoms with Gasteiger partial charge in [-0.3, -0.25) is 0 Å². The van der Waals surface area contributed by atoms with E-state index in [-0.39, 0.29) is 6.04 Å². The Morgan fingerprint density at radius 1 is 1.25 bits per heavy atom.